The van der Waals surface area contributed by atoms with Crippen LogP contribution in [0.5, 0.6) is 0 Å². The second-order valence-corrected chi connectivity index (χ2v) is 5.94. The van der Waals surface area contributed by atoms with E-state index >= 15 is 0 Å². The zero-order valence-corrected chi connectivity index (χ0v) is 12.1. The summed E-state index contributed by atoms with van der Waals surface area (Å²) in [6.07, 6.45) is 3.84. The first-order chi connectivity index (χ1) is 8.94. The Morgan fingerprint density at radius 3 is 2.89 bits per heavy atom. The van der Waals surface area contributed by atoms with Crippen LogP contribution in [0, 0.1) is 0 Å². The van der Waals surface area contributed by atoms with Crippen LogP contribution in [-0.4, -0.2) is 17.3 Å². The van der Waals surface area contributed by atoms with Crippen LogP contribution in [0.1, 0.15) is 50.4 Å². The van der Waals surface area contributed by atoms with E-state index in [2.05, 4.69) is 0 Å². The van der Waals surface area contributed by atoms with Gasteiger partial charge in [-0.15, -0.1) is 0 Å². The molecule has 1 heterocycles. The summed E-state index contributed by atoms with van der Waals surface area (Å²) in [6.45, 7) is 4.77. The Morgan fingerprint density at radius 2 is 2.21 bits per heavy atom. The first-order valence-electron chi connectivity index (χ1n) is 6.98. The van der Waals surface area contributed by atoms with Gasteiger partial charge in [0.15, 0.2) is 0 Å². The normalized spacial score (nSPS) is 19.3. The number of aromatic nitrogens is 1. The first-order valence-corrected chi connectivity index (χ1v) is 6.98. The standard InChI is InChI=1S/C15H24N2O2/c1-15(2,19-3)9-10-17-13-6-4-5-12(16)11(13)7-8-14(17)18/h7-8,12H,4-6,9-10,16H2,1-3H3. The number of hydrogen-bond donors (Lipinski definition) is 1. The average Bonchev–Trinajstić information content (AvgIpc) is 2.38. The molecule has 0 amide bonds. The van der Waals surface area contributed by atoms with E-state index < -0.39 is 0 Å². The molecule has 1 aliphatic rings. The maximum atomic E-state index is 12.1. The van der Waals surface area contributed by atoms with E-state index in [0.717, 1.165) is 36.9 Å². The van der Waals surface area contributed by atoms with Crippen molar-refractivity contribution >= 4 is 0 Å². The van der Waals surface area contributed by atoms with Crippen LogP contribution >= 0.6 is 0 Å². The molecule has 2 rings (SSSR count). The smallest absolute Gasteiger partial charge is 0.250 e. The molecule has 0 bridgehead atoms. The Hall–Kier alpha value is -1.13. The Labute approximate surface area is 114 Å². The van der Waals surface area contributed by atoms with Crippen molar-refractivity contribution in [1.82, 2.24) is 4.57 Å². The molecular formula is C15H24N2O2. The number of methoxy groups -OCH3 is 1. The van der Waals surface area contributed by atoms with Gasteiger partial charge < -0.3 is 15.0 Å². The molecule has 4 heteroatoms. The van der Waals surface area contributed by atoms with Crippen molar-refractivity contribution in [3.05, 3.63) is 33.7 Å². The molecule has 0 fully saturated rings. The highest BCUT2D eigenvalue weighted by molar-refractivity contribution is 5.27. The number of ether oxygens (including phenoxy) is 1. The van der Waals surface area contributed by atoms with Gasteiger partial charge in [-0.05, 0) is 45.1 Å². The lowest BCUT2D eigenvalue weighted by Gasteiger charge is -2.28. The van der Waals surface area contributed by atoms with Gasteiger partial charge in [-0.2, -0.15) is 0 Å². The highest BCUT2D eigenvalue weighted by Gasteiger charge is 2.22. The summed E-state index contributed by atoms with van der Waals surface area (Å²) in [4.78, 5) is 12.1. The number of rotatable bonds is 4. The molecule has 0 spiro atoms. The van der Waals surface area contributed by atoms with Gasteiger partial charge in [0, 0.05) is 31.5 Å². The molecule has 19 heavy (non-hydrogen) atoms. The molecule has 106 valence electrons. The third-order valence-electron chi connectivity index (χ3n) is 4.15. The number of hydrogen-bond acceptors (Lipinski definition) is 3. The van der Waals surface area contributed by atoms with Gasteiger partial charge in [-0.3, -0.25) is 4.79 Å². The van der Waals surface area contributed by atoms with E-state index in [0.29, 0.717) is 6.54 Å². The molecule has 0 aliphatic heterocycles. The van der Waals surface area contributed by atoms with Crippen molar-refractivity contribution in [3.8, 4) is 0 Å². The van der Waals surface area contributed by atoms with Gasteiger partial charge in [0.25, 0.3) is 5.56 Å². The van der Waals surface area contributed by atoms with E-state index in [9.17, 15) is 4.79 Å². The summed E-state index contributed by atoms with van der Waals surface area (Å²) >= 11 is 0. The lowest BCUT2D eigenvalue weighted by molar-refractivity contribution is 0.0116. The minimum atomic E-state index is -0.209. The predicted molar refractivity (Wildman–Crippen MR) is 76.3 cm³/mol. The molecule has 1 aromatic heterocycles. The maximum Gasteiger partial charge on any atom is 0.250 e. The van der Waals surface area contributed by atoms with Crippen LogP contribution in [0.4, 0.5) is 0 Å². The molecule has 0 saturated heterocycles. The van der Waals surface area contributed by atoms with Crippen LogP contribution in [-0.2, 0) is 17.7 Å². The summed E-state index contributed by atoms with van der Waals surface area (Å²) < 4.78 is 7.31. The average molecular weight is 264 g/mol. The third kappa shape index (κ3) is 3.07. The zero-order valence-electron chi connectivity index (χ0n) is 12.1. The molecule has 1 aliphatic carbocycles. The van der Waals surface area contributed by atoms with E-state index in [4.69, 9.17) is 10.5 Å². The molecular weight excluding hydrogens is 240 g/mol. The maximum absolute atomic E-state index is 12.1. The lowest BCUT2D eigenvalue weighted by Crippen LogP contribution is -2.32. The van der Waals surface area contributed by atoms with Crippen molar-refractivity contribution in [1.29, 1.82) is 0 Å². The van der Waals surface area contributed by atoms with Crippen molar-refractivity contribution in [2.75, 3.05) is 7.11 Å². The van der Waals surface area contributed by atoms with Gasteiger partial charge in [-0.1, -0.05) is 6.07 Å². The van der Waals surface area contributed by atoms with Gasteiger partial charge in [0.1, 0.15) is 0 Å². The molecule has 2 N–H and O–H groups in total. The summed E-state index contributed by atoms with van der Waals surface area (Å²) in [5.41, 5.74) is 8.26. The Bertz CT molecular complexity index is 505. The quantitative estimate of drug-likeness (QED) is 0.905. The van der Waals surface area contributed by atoms with E-state index in [-0.39, 0.29) is 17.2 Å². The van der Waals surface area contributed by atoms with Crippen LogP contribution in [0.15, 0.2) is 16.9 Å². The van der Waals surface area contributed by atoms with Gasteiger partial charge in [-0.25, -0.2) is 0 Å². The van der Waals surface area contributed by atoms with Crippen molar-refractivity contribution < 1.29 is 4.74 Å². The summed E-state index contributed by atoms with van der Waals surface area (Å²) in [7, 11) is 1.71. The fraction of sp³-hybridized carbons (Fsp3) is 0.667. The molecule has 1 unspecified atom stereocenters. The second-order valence-electron chi connectivity index (χ2n) is 5.94. The van der Waals surface area contributed by atoms with Crippen LogP contribution < -0.4 is 11.3 Å². The molecule has 1 aromatic rings. The Morgan fingerprint density at radius 1 is 1.47 bits per heavy atom. The monoisotopic (exact) mass is 264 g/mol. The Balaban J connectivity index is 2.30. The zero-order chi connectivity index (χ0) is 14.0. The number of nitrogens with two attached hydrogens (primary N) is 1. The fourth-order valence-corrected chi connectivity index (χ4v) is 2.63. The van der Waals surface area contributed by atoms with Gasteiger partial charge in [0.2, 0.25) is 0 Å². The van der Waals surface area contributed by atoms with Crippen molar-refractivity contribution in [2.45, 2.75) is 57.7 Å². The predicted octanol–water partition coefficient (Wildman–Crippen LogP) is 2.00. The summed E-state index contributed by atoms with van der Waals surface area (Å²) in [5.74, 6) is 0. The highest BCUT2D eigenvalue weighted by atomic mass is 16.5. The van der Waals surface area contributed by atoms with E-state index in [1.165, 1.54) is 0 Å². The highest BCUT2D eigenvalue weighted by Crippen LogP contribution is 2.27. The van der Waals surface area contributed by atoms with Crippen molar-refractivity contribution in [3.63, 3.8) is 0 Å². The molecule has 1 atom stereocenters. The topological polar surface area (TPSA) is 57.2 Å². The van der Waals surface area contributed by atoms with Crippen LogP contribution in [0.25, 0.3) is 0 Å². The minimum absolute atomic E-state index is 0.0692. The van der Waals surface area contributed by atoms with Crippen LogP contribution in [0.2, 0.25) is 0 Å². The van der Waals surface area contributed by atoms with Gasteiger partial charge >= 0.3 is 0 Å². The summed E-state index contributed by atoms with van der Waals surface area (Å²) in [5, 5.41) is 0. The fourth-order valence-electron chi connectivity index (χ4n) is 2.63. The Kier molecular flexibility index (Phi) is 4.11. The van der Waals surface area contributed by atoms with Crippen LogP contribution in [0.3, 0.4) is 0 Å². The third-order valence-corrected chi connectivity index (χ3v) is 4.15. The van der Waals surface area contributed by atoms with Gasteiger partial charge in [0.05, 0.1) is 5.60 Å². The van der Waals surface area contributed by atoms with Crippen molar-refractivity contribution in [2.24, 2.45) is 5.73 Å². The number of nitrogens with zero attached hydrogens (tertiary/aromatic N) is 1. The molecule has 0 radical (unpaired) electrons. The number of fused-ring (bicyclic) bond motifs is 1. The SMILES string of the molecule is COC(C)(C)CCn1c2c(ccc1=O)C(N)CCC2. The minimum Gasteiger partial charge on any atom is -0.379 e. The second kappa shape index (κ2) is 5.47. The molecule has 4 nitrogen and oxygen atoms in total. The molecule has 0 aromatic carbocycles. The van der Waals surface area contributed by atoms with E-state index in [1.54, 1.807) is 13.2 Å². The number of pyridine rings is 1. The lowest BCUT2D eigenvalue weighted by atomic mass is 9.91. The largest absolute Gasteiger partial charge is 0.379 e. The van der Waals surface area contributed by atoms with E-state index in [1.807, 2.05) is 24.5 Å². The summed E-state index contributed by atoms with van der Waals surface area (Å²) in [6, 6.07) is 3.62. The molecule has 0 saturated carbocycles. The first kappa shape index (κ1) is 14.3.